The summed E-state index contributed by atoms with van der Waals surface area (Å²) >= 11 is 0. The number of nitrogens with one attached hydrogen (secondary N) is 1. The third kappa shape index (κ3) is 3.47. The van der Waals surface area contributed by atoms with Crippen LogP contribution in [0.25, 0.3) is 17.0 Å². The molecule has 0 unspecified atom stereocenters. The predicted octanol–water partition coefficient (Wildman–Crippen LogP) is 3.68. The molecule has 0 atom stereocenters. The van der Waals surface area contributed by atoms with Crippen LogP contribution in [0.1, 0.15) is 47.8 Å². The van der Waals surface area contributed by atoms with Crippen molar-refractivity contribution in [1.29, 1.82) is 0 Å². The molecule has 1 N–H and O–H groups in total. The van der Waals surface area contributed by atoms with Crippen molar-refractivity contribution in [3.63, 3.8) is 0 Å². The van der Waals surface area contributed by atoms with Gasteiger partial charge in [0.2, 0.25) is 0 Å². The zero-order chi connectivity index (χ0) is 20.3. The number of nitrogens with zero attached hydrogens (tertiary/aromatic N) is 5. The predicted molar refractivity (Wildman–Crippen MR) is 114 cm³/mol. The molecule has 1 aliphatic carbocycles. The number of amides is 1. The summed E-state index contributed by atoms with van der Waals surface area (Å²) in [6.07, 6.45) is 12.6. The number of imidazole rings is 1. The maximum absolute atomic E-state index is 12.9. The molecule has 1 amide bonds. The second kappa shape index (κ2) is 8.10. The van der Waals surface area contributed by atoms with Crippen molar-refractivity contribution in [2.24, 2.45) is 0 Å². The van der Waals surface area contributed by atoms with E-state index < -0.39 is 0 Å². The molecule has 0 aliphatic heterocycles. The van der Waals surface area contributed by atoms with Crippen molar-refractivity contribution in [3.8, 4) is 11.5 Å². The van der Waals surface area contributed by atoms with E-state index in [0.29, 0.717) is 23.8 Å². The lowest BCUT2D eigenvalue weighted by molar-refractivity contribution is 0.0951. The van der Waals surface area contributed by atoms with E-state index in [9.17, 15) is 4.79 Å². The first-order valence-corrected chi connectivity index (χ1v) is 10.5. The molecule has 3 heterocycles. The minimum atomic E-state index is -0.186. The number of carbonyl (C=O) groups is 1. The smallest absolute Gasteiger partial charge is 0.272 e. The Labute approximate surface area is 174 Å². The first kappa shape index (κ1) is 18.5. The molecule has 1 fully saturated rings. The number of aromatic nitrogens is 5. The van der Waals surface area contributed by atoms with Crippen LogP contribution in [0, 0.1) is 0 Å². The molecular formula is C23H24N6O. The Morgan fingerprint density at radius 3 is 2.77 bits per heavy atom. The molecule has 0 bridgehead atoms. The molecule has 5 rings (SSSR count). The summed E-state index contributed by atoms with van der Waals surface area (Å²) in [4.78, 5) is 21.9. The minimum Gasteiger partial charge on any atom is -0.350 e. The molecule has 1 aromatic carbocycles. The average molecular weight is 400 g/mol. The number of hydrogen-bond acceptors (Lipinski definition) is 4. The highest BCUT2D eigenvalue weighted by Gasteiger charge is 2.24. The molecule has 1 saturated carbocycles. The van der Waals surface area contributed by atoms with Crippen molar-refractivity contribution >= 4 is 11.4 Å². The zero-order valence-electron chi connectivity index (χ0n) is 16.7. The van der Waals surface area contributed by atoms with Crippen LogP contribution in [-0.2, 0) is 6.42 Å². The quantitative estimate of drug-likeness (QED) is 0.536. The Morgan fingerprint density at radius 2 is 1.93 bits per heavy atom. The summed E-state index contributed by atoms with van der Waals surface area (Å²) < 4.78 is 4.00. The van der Waals surface area contributed by atoms with Crippen molar-refractivity contribution < 1.29 is 4.79 Å². The van der Waals surface area contributed by atoms with Gasteiger partial charge in [-0.25, -0.2) is 4.98 Å². The van der Waals surface area contributed by atoms with Gasteiger partial charge in [-0.3, -0.25) is 18.9 Å². The molecule has 0 radical (unpaired) electrons. The van der Waals surface area contributed by atoms with Crippen LogP contribution in [0.3, 0.4) is 0 Å². The lowest BCUT2D eigenvalue weighted by Crippen LogP contribution is -2.26. The number of hydrogen-bond donors (Lipinski definition) is 1. The summed E-state index contributed by atoms with van der Waals surface area (Å²) in [7, 11) is 0. The van der Waals surface area contributed by atoms with E-state index in [1.807, 2.05) is 41.1 Å². The third-order valence-electron chi connectivity index (χ3n) is 5.77. The molecule has 7 heteroatoms. The lowest BCUT2D eigenvalue weighted by atomic mass is 10.1. The number of fused-ring (bicyclic) bond motifs is 1. The Morgan fingerprint density at radius 1 is 1.10 bits per heavy atom. The monoisotopic (exact) mass is 400 g/mol. The summed E-state index contributed by atoms with van der Waals surface area (Å²) in [5.74, 6) is 0.541. The van der Waals surface area contributed by atoms with Crippen molar-refractivity contribution in [2.45, 2.75) is 38.1 Å². The van der Waals surface area contributed by atoms with Crippen LogP contribution >= 0.6 is 0 Å². The first-order chi connectivity index (χ1) is 14.8. The summed E-state index contributed by atoms with van der Waals surface area (Å²) in [5, 5.41) is 7.57. The zero-order valence-corrected chi connectivity index (χ0v) is 16.7. The van der Waals surface area contributed by atoms with Gasteiger partial charge in [-0.15, -0.1) is 0 Å². The van der Waals surface area contributed by atoms with Gasteiger partial charge in [0.15, 0.2) is 11.5 Å². The summed E-state index contributed by atoms with van der Waals surface area (Å²) in [6, 6.07) is 12.5. The fourth-order valence-electron chi connectivity index (χ4n) is 4.27. The van der Waals surface area contributed by atoms with Crippen LogP contribution in [0.4, 0.5) is 0 Å². The molecule has 1 aliphatic rings. The number of carbonyl (C=O) groups excluding carboxylic acids is 1. The number of benzene rings is 1. The molecule has 30 heavy (non-hydrogen) atoms. The van der Waals surface area contributed by atoms with Gasteiger partial charge in [0, 0.05) is 25.1 Å². The average Bonchev–Trinajstić information content (AvgIpc) is 3.53. The van der Waals surface area contributed by atoms with E-state index >= 15 is 0 Å². The van der Waals surface area contributed by atoms with E-state index in [2.05, 4.69) is 32.2 Å². The molecular weight excluding hydrogens is 376 g/mol. The van der Waals surface area contributed by atoms with Gasteiger partial charge in [-0.05, 0) is 30.9 Å². The Kier molecular flexibility index (Phi) is 5.01. The number of rotatable bonds is 6. The van der Waals surface area contributed by atoms with Crippen LogP contribution in [0.5, 0.6) is 0 Å². The Hall–Kier alpha value is -3.48. The van der Waals surface area contributed by atoms with E-state index in [1.165, 1.54) is 18.4 Å². The Bertz CT molecular complexity index is 1160. The molecule has 152 valence electrons. The van der Waals surface area contributed by atoms with Gasteiger partial charge in [-0.2, -0.15) is 5.10 Å². The Balaban J connectivity index is 1.43. The largest absolute Gasteiger partial charge is 0.350 e. The SMILES string of the molecule is O=C(NCCc1ccccc1)c1nc(-c2ccnn2C2CCCC2)n2ccncc12. The van der Waals surface area contributed by atoms with E-state index in [1.54, 1.807) is 12.4 Å². The maximum Gasteiger partial charge on any atom is 0.272 e. The maximum atomic E-state index is 12.9. The van der Waals surface area contributed by atoms with Crippen molar-refractivity contribution in [1.82, 2.24) is 29.5 Å². The minimum absolute atomic E-state index is 0.186. The van der Waals surface area contributed by atoms with Crippen LogP contribution < -0.4 is 5.32 Å². The topological polar surface area (TPSA) is 77.1 Å². The molecule has 0 spiro atoms. The molecule has 0 saturated heterocycles. The van der Waals surface area contributed by atoms with Gasteiger partial charge in [0.25, 0.3) is 5.91 Å². The molecule has 4 aromatic rings. The highest BCUT2D eigenvalue weighted by molar-refractivity contribution is 5.99. The summed E-state index contributed by atoms with van der Waals surface area (Å²) in [6.45, 7) is 0.553. The normalized spacial score (nSPS) is 14.4. The van der Waals surface area contributed by atoms with Gasteiger partial charge in [0.05, 0.1) is 17.8 Å². The molecule has 3 aromatic heterocycles. The van der Waals surface area contributed by atoms with E-state index in [-0.39, 0.29) is 5.91 Å². The van der Waals surface area contributed by atoms with Gasteiger partial charge >= 0.3 is 0 Å². The highest BCUT2D eigenvalue weighted by atomic mass is 16.1. The second-order valence-electron chi connectivity index (χ2n) is 7.71. The van der Waals surface area contributed by atoms with Gasteiger partial charge in [-0.1, -0.05) is 43.2 Å². The van der Waals surface area contributed by atoms with Gasteiger partial charge in [0.1, 0.15) is 5.69 Å². The van der Waals surface area contributed by atoms with E-state index in [0.717, 1.165) is 30.8 Å². The molecule has 7 nitrogen and oxygen atoms in total. The second-order valence-corrected chi connectivity index (χ2v) is 7.71. The third-order valence-corrected chi connectivity index (χ3v) is 5.77. The standard InChI is InChI=1S/C23H24N6O/c30-23(25-12-10-17-6-2-1-3-7-17)21-20-16-24-14-15-28(20)22(27-21)19-11-13-26-29(19)18-8-4-5-9-18/h1-3,6-7,11,13-16,18H,4-5,8-10,12H2,(H,25,30). The highest BCUT2D eigenvalue weighted by Crippen LogP contribution is 2.33. The fraction of sp³-hybridized carbons (Fsp3) is 0.304. The fourth-order valence-corrected chi connectivity index (χ4v) is 4.27. The van der Waals surface area contributed by atoms with Crippen LogP contribution in [-0.4, -0.2) is 36.6 Å². The van der Waals surface area contributed by atoms with Gasteiger partial charge < -0.3 is 5.32 Å². The van der Waals surface area contributed by atoms with Crippen molar-refractivity contribution in [2.75, 3.05) is 6.54 Å². The van der Waals surface area contributed by atoms with Crippen LogP contribution in [0.2, 0.25) is 0 Å². The summed E-state index contributed by atoms with van der Waals surface area (Å²) in [5.41, 5.74) is 3.22. The van der Waals surface area contributed by atoms with Crippen LogP contribution in [0.15, 0.2) is 61.2 Å². The first-order valence-electron chi connectivity index (χ1n) is 10.5. The van der Waals surface area contributed by atoms with E-state index in [4.69, 9.17) is 4.98 Å². The van der Waals surface area contributed by atoms with Crippen molar-refractivity contribution in [3.05, 3.63) is 72.4 Å². The lowest BCUT2D eigenvalue weighted by Gasteiger charge is -2.13.